The summed E-state index contributed by atoms with van der Waals surface area (Å²) in [5.74, 6) is 0. The average Bonchev–Trinajstić information content (AvgIpc) is 2.87. The molecule has 1 unspecified atom stereocenters. The number of aromatic nitrogens is 3. The van der Waals surface area contributed by atoms with Crippen molar-refractivity contribution in [1.82, 2.24) is 25.2 Å². The molecule has 0 aliphatic carbocycles. The molecule has 120 valence electrons. The molecule has 0 saturated carbocycles. The highest BCUT2D eigenvalue weighted by Gasteiger charge is 2.17. The standard InChI is InChI=1S/C14H17Cl2N5.ClH/c1-10-7-20(5-4-17-10)8-12-9-21(19-18-12)14-3-2-11(15)6-13(14)16;/h2-3,6,9-10,17H,4-5,7-8H2,1H3;1H. The zero-order chi connectivity index (χ0) is 14.8. The fourth-order valence-corrected chi connectivity index (χ4v) is 3.04. The molecular weight excluding hydrogens is 345 g/mol. The maximum atomic E-state index is 6.19. The number of nitrogens with zero attached hydrogens (tertiary/aromatic N) is 4. The molecule has 1 N–H and O–H groups in total. The van der Waals surface area contributed by atoms with Gasteiger partial charge in [-0.15, -0.1) is 17.5 Å². The maximum absolute atomic E-state index is 6.19. The number of halogens is 3. The first-order valence-electron chi connectivity index (χ1n) is 6.94. The summed E-state index contributed by atoms with van der Waals surface area (Å²) in [6.45, 7) is 6.06. The predicted molar refractivity (Wildman–Crippen MR) is 91.4 cm³/mol. The van der Waals surface area contributed by atoms with E-state index in [4.69, 9.17) is 23.2 Å². The van der Waals surface area contributed by atoms with E-state index in [1.807, 2.05) is 12.3 Å². The average molecular weight is 363 g/mol. The Morgan fingerprint density at radius 2 is 2.18 bits per heavy atom. The number of hydrogen-bond donors (Lipinski definition) is 1. The van der Waals surface area contributed by atoms with Gasteiger partial charge >= 0.3 is 0 Å². The molecule has 1 saturated heterocycles. The van der Waals surface area contributed by atoms with E-state index in [-0.39, 0.29) is 12.4 Å². The van der Waals surface area contributed by atoms with Crippen molar-refractivity contribution < 1.29 is 0 Å². The van der Waals surface area contributed by atoms with Crippen LogP contribution in [0.3, 0.4) is 0 Å². The summed E-state index contributed by atoms with van der Waals surface area (Å²) in [7, 11) is 0. The summed E-state index contributed by atoms with van der Waals surface area (Å²) in [5, 5.41) is 13.0. The molecule has 2 aromatic rings. The molecule has 1 aliphatic rings. The van der Waals surface area contributed by atoms with E-state index >= 15 is 0 Å². The Bertz CT molecular complexity index is 631. The van der Waals surface area contributed by atoms with E-state index in [1.54, 1.807) is 16.8 Å². The molecule has 5 nitrogen and oxygen atoms in total. The van der Waals surface area contributed by atoms with E-state index < -0.39 is 0 Å². The van der Waals surface area contributed by atoms with Gasteiger partial charge in [0.25, 0.3) is 0 Å². The van der Waals surface area contributed by atoms with Crippen LogP contribution in [0.15, 0.2) is 24.4 Å². The Morgan fingerprint density at radius 3 is 2.91 bits per heavy atom. The van der Waals surface area contributed by atoms with Gasteiger partial charge in [0.1, 0.15) is 0 Å². The summed E-state index contributed by atoms with van der Waals surface area (Å²) < 4.78 is 1.69. The minimum absolute atomic E-state index is 0. The van der Waals surface area contributed by atoms with Crippen LogP contribution in [0.4, 0.5) is 0 Å². The summed E-state index contributed by atoms with van der Waals surface area (Å²) in [4.78, 5) is 2.37. The van der Waals surface area contributed by atoms with Crippen molar-refractivity contribution in [3.63, 3.8) is 0 Å². The fraction of sp³-hybridized carbons (Fsp3) is 0.429. The van der Waals surface area contributed by atoms with Gasteiger partial charge in [-0.25, -0.2) is 4.68 Å². The van der Waals surface area contributed by atoms with Crippen molar-refractivity contribution >= 4 is 35.6 Å². The third kappa shape index (κ3) is 4.12. The van der Waals surface area contributed by atoms with Crippen LogP contribution < -0.4 is 5.32 Å². The van der Waals surface area contributed by atoms with Crippen molar-refractivity contribution in [1.29, 1.82) is 0 Å². The summed E-state index contributed by atoms with van der Waals surface area (Å²) in [6, 6.07) is 5.86. The third-order valence-corrected chi connectivity index (χ3v) is 4.07. The van der Waals surface area contributed by atoms with Crippen molar-refractivity contribution in [2.45, 2.75) is 19.5 Å². The van der Waals surface area contributed by atoms with Gasteiger partial charge in [0.15, 0.2) is 0 Å². The quantitative estimate of drug-likeness (QED) is 0.912. The fourth-order valence-electron chi connectivity index (χ4n) is 2.54. The van der Waals surface area contributed by atoms with Crippen molar-refractivity contribution in [2.75, 3.05) is 19.6 Å². The normalized spacial score (nSPS) is 19.0. The Hall–Kier alpha value is -0.850. The molecular formula is C14H18Cl3N5. The zero-order valence-corrected chi connectivity index (χ0v) is 14.5. The second-order valence-corrected chi connectivity index (χ2v) is 6.18. The molecule has 8 heteroatoms. The monoisotopic (exact) mass is 361 g/mol. The Morgan fingerprint density at radius 1 is 1.36 bits per heavy atom. The van der Waals surface area contributed by atoms with Gasteiger partial charge in [0.05, 0.1) is 22.6 Å². The lowest BCUT2D eigenvalue weighted by Crippen LogP contribution is -2.48. The second-order valence-electron chi connectivity index (χ2n) is 5.34. The van der Waals surface area contributed by atoms with Gasteiger partial charge in [0, 0.05) is 37.2 Å². The van der Waals surface area contributed by atoms with E-state index in [2.05, 4.69) is 27.5 Å². The lowest BCUT2D eigenvalue weighted by Gasteiger charge is -2.30. The third-order valence-electron chi connectivity index (χ3n) is 3.54. The van der Waals surface area contributed by atoms with Crippen LogP contribution in [0.1, 0.15) is 12.6 Å². The summed E-state index contributed by atoms with van der Waals surface area (Å²) >= 11 is 12.1. The number of benzene rings is 1. The van der Waals surface area contributed by atoms with Gasteiger partial charge in [-0.1, -0.05) is 28.4 Å². The van der Waals surface area contributed by atoms with Crippen LogP contribution in [-0.4, -0.2) is 45.6 Å². The van der Waals surface area contributed by atoms with E-state index in [0.717, 1.165) is 37.6 Å². The summed E-state index contributed by atoms with van der Waals surface area (Å²) in [5.41, 5.74) is 1.73. The molecule has 1 atom stereocenters. The smallest absolute Gasteiger partial charge is 0.0971 e. The highest BCUT2D eigenvalue weighted by Crippen LogP contribution is 2.23. The summed E-state index contributed by atoms with van der Waals surface area (Å²) in [6.07, 6.45) is 1.92. The predicted octanol–water partition coefficient (Wildman–Crippen LogP) is 2.79. The molecule has 1 aromatic carbocycles. The first kappa shape index (κ1) is 17.5. The lowest BCUT2D eigenvalue weighted by atomic mass is 10.2. The first-order valence-corrected chi connectivity index (χ1v) is 7.70. The van der Waals surface area contributed by atoms with Crippen molar-refractivity contribution in [3.05, 3.63) is 40.1 Å². The van der Waals surface area contributed by atoms with Gasteiger partial charge in [-0.05, 0) is 25.1 Å². The molecule has 2 heterocycles. The molecule has 1 aromatic heterocycles. The van der Waals surface area contributed by atoms with Crippen molar-refractivity contribution in [3.8, 4) is 5.69 Å². The topological polar surface area (TPSA) is 46.0 Å². The van der Waals surface area contributed by atoms with Crippen LogP contribution in [0.25, 0.3) is 5.69 Å². The minimum Gasteiger partial charge on any atom is -0.312 e. The highest BCUT2D eigenvalue weighted by molar-refractivity contribution is 6.35. The molecule has 3 rings (SSSR count). The molecule has 22 heavy (non-hydrogen) atoms. The van der Waals surface area contributed by atoms with E-state index in [1.165, 1.54) is 0 Å². The number of hydrogen-bond acceptors (Lipinski definition) is 4. The number of piperazine rings is 1. The molecule has 0 amide bonds. The number of nitrogens with one attached hydrogen (secondary N) is 1. The van der Waals surface area contributed by atoms with Crippen LogP contribution in [0.2, 0.25) is 10.0 Å². The SMILES string of the molecule is CC1CN(Cc2cn(-c3ccc(Cl)cc3Cl)nn2)CCN1.Cl. The van der Waals surface area contributed by atoms with E-state index in [0.29, 0.717) is 16.1 Å². The molecule has 0 radical (unpaired) electrons. The Labute approximate surface area is 146 Å². The van der Waals surface area contributed by atoms with Gasteiger partial charge in [0.2, 0.25) is 0 Å². The Balaban J connectivity index is 0.00000176. The first-order chi connectivity index (χ1) is 10.1. The van der Waals surface area contributed by atoms with Crippen LogP contribution >= 0.6 is 35.6 Å². The van der Waals surface area contributed by atoms with Crippen LogP contribution in [0, 0.1) is 0 Å². The van der Waals surface area contributed by atoms with Gasteiger partial charge in [-0.2, -0.15) is 0 Å². The van der Waals surface area contributed by atoms with Crippen LogP contribution in [0.5, 0.6) is 0 Å². The van der Waals surface area contributed by atoms with Gasteiger partial charge < -0.3 is 5.32 Å². The highest BCUT2D eigenvalue weighted by atomic mass is 35.5. The second kappa shape index (κ2) is 7.62. The number of rotatable bonds is 3. The minimum atomic E-state index is 0. The largest absolute Gasteiger partial charge is 0.312 e. The van der Waals surface area contributed by atoms with E-state index in [9.17, 15) is 0 Å². The van der Waals surface area contributed by atoms with Crippen molar-refractivity contribution in [2.24, 2.45) is 0 Å². The zero-order valence-electron chi connectivity index (χ0n) is 12.2. The molecule has 0 bridgehead atoms. The molecule has 0 spiro atoms. The lowest BCUT2D eigenvalue weighted by molar-refractivity contribution is 0.197. The molecule has 1 aliphatic heterocycles. The molecule has 1 fully saturated rings. The van der Waals surface area contributed by atoms with Gasteiger partial charge in [-0.3, -0.25) is 4.90 Å². The Kier molecular flexibility index (Phi) is 6.06. The van der Waals surface area contributed by atoms with Crippen LogP contribution in [-0.2, 0) is 6.54 Å². The maximum Gasteiger partial charge on any atom is 0.0971 e.